The van der Waals surface area contributed by atoms with E-state index in [1.165, 1.54) is 0 Å². The summed E-state index contributed by atoms with van der Waals surface area (Å²) in [6, 6.07) is -1.31. The Hall–Kier alpha value is -1.62. The number of carbonyl (C=O) groups excluding carboxylic acids is 1. The van der Waals surface area contributed by atoms with E-state index < -0.39 is 66.9 Å². The first kappa shape index (κ1) is 37.5. The Morgan fingerprint density at radius 2 is 1.76 bits per heavy atom. The quantitative estimate of drug-likeness (QED) is 0.120. The summed E-state index contributed by atoms with van der Waals surface area (Å²) in [7, 11) is 1.04. The van der Waals surface area contributed by atoms with Crippen molar-refractivity contribution in [1.29, 1.82) is 0 Å². The van der Waals surface area contributed by atoms with E-state index in [4.69, 9.17) is 29.7 Å². The molecule has 37 heavy (non-hydrogen) atoms. The highest BCUT2D eigenvalue weighted by molar-refractivity contribution is 5.76. The van der Waals surface area contributed by atoms with Gasteiger partial charge in [0.05, 0.1) is 31.0 Å². The van der Waals surface area contributed by atoms with Crippen molar-refractivity contribution in [1.82, 2.24) is 5.32 Å². The molecule has 1 fully saturated rings. The molecule has 1 aliphatic rings. The molecule has 1 rings (SSSR count). The maximum Gasteiger partial charge on any atom is 0.407 e. The number of ether oxygens (including phenoxy) is 3. The number of alkyl carbamates (subject to hydrolysis) is 1. The molecule has 1 saturated heterocycles. The van der Waals surface area contributed by atoms with Gasteiger partial charge in [0.25, 0.3) is 5.79 Å². The molecule has 0 spiro atoms. The Bertz CT molecular complexity index is 634. The zero-order chi connectivity index (χ0) is 29.4. The van der Waals surface area contributed by atoms with Gasteiger partial charge < -0.3 is 50.2 Å². The second-order valence-corrected chi connectivity index (χ2v) is 9.17. The number of hydrogen-bond donors (Lipinski definition) is 8. The van der Waals surface area contributed by atoms with Crippen LogP contribution in [0.5, 0.6) is 0 Å². The molecule has 0 radical (unpaired) electrons. The van der Waals surface area contributed by atoms with Gasteiger partial charge in [-0.25, -0.2) is 14.5 Å². The van der Waals surface area contributed by atoms with Gasteiger partial charge in [0.2, 0.25) is 0 Å². The van der Waals surface area contributed by atoms with Crippen LogP contribution >= 0.6 is 0 Å². The van der Waals surface area contributed by atoms with Gasteiger partial charge in [-0.1, -0.05) is 27.7 Å². The SMILES string of the molecule is CC.CC(C)(CCO)OO.COC1(C(=O)O)CC(O)C(NC(=O)OCCC(C)C)C(C(O)C(O)CO)O1. The topological polar surface area (TPSA) is 225 Å². The summed E-state index contributed by atoms with van der Waals surface area (Å²) in [6.45, 7) is 10.6. The third-order valence-electron chi connectivity index (χ3n) is 5.32. The van der Waals surface area contributed by atoms with Crippen LogP contribution in [0.25, 0.3) is 0 Å². The lowest BCUT2D eigenvalue weighted by Crippen LogP contribution is -2.67. The molecule has 14 nitrogen and oxygen atoms in total. The average molecular weight is 546 g/mol. The summed E-state index contributed by atoms with van der Waals surface area (Å²) in [6.07, 6.45) is -7.01. The molecular weight excluding hydrogens is 498 g/mol. The van der Waals surface area contributed by atoms with Crippen molar-refractivity contribution in [2.75, 3.05) is 26.9 Å². The highest BCUT2D eigenvalue weighted by Gasteiger charge is 2.55. The van der Waals surface area contributed by atoms with E-state index in [-0.39, 0.29) is 13.2 Å². The van der Waals surface area contributed by atoms with Crippen molar-refractivity contribution in [2.24, 2.45) is 5.92 Å². The Kier molecular flexibility index (Phi) is 18.9. The van der Waals surface area contributed by atoms with Gasteiger partial charge >= 0.3 is 12.1 Å². The highest BCUT2D eigenvalue weighted by Crippen LogP contribution is 2.33. The lowest BCUT2D eigenvalue weighted by atomic mass is 9.88. The number of hydrogen-bond acceptors (Lipinski definition) is 12. The highest BCUT2D eigenvalue weighted by atomic mass is 17.1. The minimum absolute atomic E-state index is 0.0353. The number of rotatable bonds is 12. The Labute approximate surface area is 218 Å². The molecular formula is C23H47NO13. The number of carboxylic acids is 1. The van der Waals surface area contributed by atoms with Crippen LogP contribution in [0.15, 0.2) is 0 Å². The average Bonchev–Trinajstić information content (AvgIpc) is 2.85. The number of amides is 1. The first-order valence-electron chi connectivity index (χ1n) is 12.2. The fourth-order valence-electron chi connectivity index (χ4n) is 2.99. The maximum atomic E-state index is 12.0. The van der Waals surface area contributed by atoms with E-state index >= 15 is 0 Å². The second kappa shape index (κ2) is 18.6. The summed E-state index contributed by atoms with van der Waals surface area (Å²) in [4.78, 5) is 27.5. The zero-order valence-electron chi connectivity index (χ0n) is 22.8. The number of carboxylic acid groups (broad SMARTS) is 1. The number of nitrogens with one attached hydrogen (secondary N) is 1. The molecule has 6 atom stereocenters. The second-order valence-electron chi connectivity index (χ2n) is 9.17. The fraction of sp³-hybridized carbons (Fsp3) is 0.913. The minimum atomic E-state index is -2.29. The lowest BCUT2D eigenvalue weighted by Gasteiger charge is -2.45. The van der Waals surface area contributed by atoms with Crippen molar-refractivity contribution in [2.45, 2.75) is 103 Å². The number of carbonyl (C=O) groups is 2. The summed E-state index contributed by atoms with van der Waals surface area (Å²) in [5.74, 6) is -3.55. The smallest absolute Gasteiger partial charge is 0.407 e. The van der Waals surface area contributed by atoms with Crippen molar-refractivity contribution < 1.29 is 64.6 Å². The minimum Gasteiger partial charge on any atom is -0.477 e. The lowest BCUT2D eigenvalue weighted by molar-refractivity contribution is -0.315. The van der Waals surface area contributed by atoms with Crippen LogP contribution in [0, 0.1) is 5.92 Å². The molecule has 1 heterocycles. The van der Waals surface area contributed by atoms with E-state index in [2.05, 4.69) is 10.2 Å². The number of aliphatic hydroxyl groups is 5. The molecule has 0 aliphatic carbocycles. The first-order valence-corrected chi connectivity index (χ1v) is 12.2. The normalized spacial score (nSPS) is 25.1. The summed E-state index contributed by atoms with van der Waals surface area (Å²) in [5, 5.41) is 67.5. The van der Waals surface area contributed by atoms with Crippen molar-refractivity contribution in [3.05, 3.63) is 0 Å². The third-order valence-corrected chi connectivity index (χ3v) is 5.32. The number of aliphatic carboxylic acids is 1. The van der Waals surface area contributed by atoms with Crippen LogP contribution in [0.4, 0.5) is 4.79 Å². The van der Waals surface area contributed by atoms with Gasteiger partial charge in [0.15, 0.2) is 0 Å². The summed E-state index contributed by atoms with van der Waals surface area (Å²) >= 11 is 0. The molecule has 8 N–H and O–H groups in total. The predicted octanol–water partition coefficient (Wildman–Crippen LogP) is 0.0817. The Balaban J connectivity index is 0. The molecule has 6 unspecified atom stereocenters. The van der Waals surface area contributed by atoms with Crippen molar-refractivity contribution in [3.8, 4) is 0 Å². The van der Waals surface area contributed by atoms with Gasteiger partial charge in [-0.15, -0.1) is 0 Å². The van der Waals surface area contributed by atoms with Gasteiger partial charge in [0, 0.05) is 26.6 Å². The standard InChI is InChI=1S/C16H29NO10.C5H12O3.C2H6/c1-8(2)4-5-26-15(24)17-11-9(19)6-16(25-3,14(22)23)27-13(11)12(21)10(20)7-18;1-5(2,8-7)3-4-6;1-2/h8-13,18-21H,4-7H2,1-3H3,(H,17,24)(H,22,23);6-7H,3-4H2,1-2H3;1-2H3. The first-order chi connectivity index (χ1) is 17.2. The molecule has 1 aliphatic heterocycles. The third kappa shape index (κ3) is 13.1. The fourth-order valence-corrected chi connectivity index (χ4v) is 2.99. The molecule has 0 bridgehead atoms. The van der Waals surface area contributed by atoms with Crippen LogP contribution in [0.1, 0.15) is 60.8 Å². The molecule has 0 aromatic rings. The largest absolute Gasteiger partial charge is 0.477 e. The van der Waals surface area contributed by atoms with E-state index in [9.17, 15) is 30.0 Å². The maximum absolute atomic E-state index is 12.0. The number of aliphatic hydroxyl groups excluding tert-OH is 5. The molecule has 14 heteroatoms. The molecule has 0 aromatic heterocycles. The Morgan fingerprint density at radius 3 is 2.14 bits per heavy atom. The van der Waals surface area contributed by atoms with Crippen molar-refractivity contribution >= 4 is 12.1 Å². The van der Waals surface area contributed by atoms with E-state index in [1.54, 1.807) is 13.8 Å². The number of methoxy groups -OCH3 is 1. The van der Waals surface area contributed by atoms with Crippen LogP contribution in [-0.2, 0) is 23.9 Å². The molecule has 0 aromatic carbocycles. The monoisotopic (exact) mass is 545 g/mol. The van der Waals surface area contributed by atoms with Crippen LogP contribution in [0.3, 0.4) is 0 Å². The van der Waals surface area contributed by atoms with Gasteiger partial charge in [-0.2, -0.15) is 0 Å². The zero-order valence-corrected chi connectivity index (χ0v) is 22.8. The van der Waals surface area contributed by atoms with Crippen LogP contribution in [-0.4, -0.2) is 117 Å². The van der Waals surface area contributed by atoms with Gasteiger partial charge in [-0.3, -0.25) is 5.26 Å². The summed E-state index contributed by atoms with van der Waals surface area (Å²) in [5.41, 5.74) is -0.602. The van der Waals surface area contributed by atoms with E-state index in [0.29, 0.717) is 18.8 Å². The van der Waals surface area contributed by atoms with E-state index in [1.807, 2.05) is 27.7 Å². The van der Waals surface area contributed by atoms with Gasteiger partial charge in [0.1, 0.15) is 18.3 Å². The predicted molar refractivity (Wildman–Crippen MR) is 131 cm³/mol. The van der Waals surface area contributed by atoms with Crippen LogP contribution in [0.2, 0.25) is 0 Å². The van der Waals surface area contributed by atoms with Gasteiger partial charge in [-0.05, 0) is 26.2 Å². The van der Waals surface area contributed by atoms with E-state index in [0.717, 1.165) is 7.11 Å². The molecule has 0 saturated carbocycles. The van der Waals surface area contributed by atoms with Crippen LogP contribution < -0.4 is 5.32 Å². The summed E-state index contributed by atoms with van der Waals surface area (Å²) < 4.78 is 15.2. The van der Waals surface area contributed by atoms with Crippen molar-refractivity contribution in [3.63, 3.8) is 0 Å². The Morgan fingerprint density at radius 1 is 1.19 bits per heavy atom. The molecule has 1 amide bonds. The molecule has 222 valence electrons.